The maximum absolute atomic E-state index is 12.8. The van der Waals surface area contributed by atoms with Gasteiger partial charge in [-0.3, -0.25) is 4.57 Å². The van der Waals surface area contributed by atoms with E-state index in [1.165, 1.54) is 21.1 Å². The smallest absolute Gasteiger partial charge is 0.349 e. The van der Waals surface area contributed by atoms with Crippen LogP contribution in [0.1, 0.15) is 41.5 Å². The van der Waals surface area contributed by atoms with Crippen molar-refractivity contribution >= 4 is 7.60 Å². The third kappa shape index (κ3) is 3.69. The van der Waals surface area contributed by atoms with Crippen molar-refractivity contribution in [3.63, 3.8) is 0 Å². The van der Waals surface area contributed by atoms with Crippen LogP contribution in [0, 0.1) is 0 Å². The standard InChI is InChI=1S/C17H32NO9P/c1-10(28(20,21-7)22-8)18(19)14-13-17(6,27-16(4,5)26-13)12(24-14)11-9-23-15(2,3)25-11/h10-14,19H,9H2,1-8H3/t10-,11+,12+,13+,14-,17-/m0/s1. The van der Waals surface area contributed by atoms with Crippen molar-refractivity contribution in [2.75, 3.05) is 20.8 Å². The first-order valence-corrected chi connectivity index (χ1v) is 10.9. The summed E-state index contributed by atoms with van der Waals surface area (Å²) in [7, 11) is -1.06. The van der Waals surface area contributed by atoms with Crippen LogP contribution >= 0.6 is 7.60 Å². The molecule has 3 heterocycles. The molecular weight excluding hydrogens is 393 g/mol. The first-order valence-electron chi connectivity index (χ1n) is 9.32. The number of hydrogen-bond donors (Lipinski definition) is 1. The lowest BCUT2D eigenvalue weighted by atomic mass is 9.91. The highest BCUT2D eigenvalue weighted by atomic mass is 31.2. The second-order valence-electron chi connectivity index (χ2n) is 8.46. The van der Waals surface area contributed by atoms with E-state index in [1.54, 1.807) is 13.8 Å². The monoisotopic (exact) mass is 425 g/mol. The molecule has 0 saturated carbocycles. The molecule has 11 heteroatoms. The number of hydroxylamine groups is 2. The summed E-state index contributed by atoms with van der Waals surface area (Å²) in [5, 5.41) is 11.7. The van der Waals surface area contributed by atoms with E-state index < -0.39 is 55.1 Å². The number of nitrogens with zero attached hydrogens (tertiary/aromatic N) is 1. The zero-order valence-electron chi connectivity index (χ0n) is 17.7. The minimum Gasteiger partial charge on any atom is -0.349 e. The minimum absolute atomic E-state index is 0.312. The molecule has 0 aliphatic carbocycles. The van der Waals surface area contributed by atoms with Gasteiger partial charge in [-0.15, -0.1) is 5.06 Å². The van der Waals surface area contributed by atoms with Crippen LogP contribution in [0.4, 0.5) is 0 Å². The lowest BCUT2D eigenvalue weighted by Gasteiger charge is -2.34. The SMILES string of the molecule is COP(=O)(OC)[C@@H](C)N(O)[C@H]1O[C@H]([C@H]2COC(C)(C)O2)[C@]2(C)OC(C)(C)O[C@H]12. The molecule has 0 aromatic heterocycles. The predicted octanol–water partition coefficient (Wildman–Crippen LogP) is 2.30. The fourth-order valence-electron chi connectivity index (χ4n) is 4.21. The average Bonchev–Trinajstić information content (AvgIpc) is 3.17. The van der Waals surface area contributed by atoms with E-state index in [4.69, 9.17) is 32.7 Å². The Kier molecular flexibility index (Phi) is 5.82. The van der Waals surface area contributed by atoms with Crippen molar-refractivity contribution < 1.29 is 42.5 Å². The topological polar surface area (TPSA) is 105 Å². The summed E-state index contributed by atoms with van der Waals surface area (Å²) in [4.78, 5) is 0. The Morgan fingerprint density at radius 1 is 1.07 bits per heavy atom. The van der Waals surface area contributed by atoms with Crippen LogP contribution < -0.4 is 0 Å². The molecule has 3 saturated heterocycles. The summed E-state index contributed by atoms with van der Waals surface area (Å²) in [6.45, 7) is 10.9. The molecule has 0 spiro atoms. The molecule has 0 bridgehead atoms. The molecule has 3 rings (SSSR count). The van der Waals surface area contributed by atoms with Crippen LogP contribution in [-0.2, 0) is 37.3 Å². The van der Waals surface area contributed by atoms with Gasteiger partial charge in [-0.25, -0.2) is 0 Å². The zero-order chi connectivity index (χ0) is 21.1. The third-order valence-corrected chi connectivity index (χ3v) is 7.70. The van der Waals surface area contributed by atoms with Gasteiger partial charge >= 0.3 is 7.60 Å². The van der Waals surface area contributed by atoms with Gasteiger partial charge in [0.25, 0.3) is 0 Å². The van der Waals surface area contributed by atoms with E-state index in [0.29, 0.717) is 6.61 Å². The van der Waals surface area contributed by atoms with E-state index >= 15 is 0 Å². The molecule has 3 aliphatic heterocycles. The lowest BCUT2D eigenvalue weighted by molar-refractivity contribution is -0.279. The van der Waals surface area contributed by atoms with Crippen LogP contribution in [-0.4, -0.2) is 78.6 Å². The Hall–Kier alpha value is -0.130. The van der Waals surface area contributed by atoms with E-state index in [2.05, 4.69) is 0 Å². The molecule has 28 heavy (non-hydrogen) atoms. The quantitative estimate of drug-likeness (QED) is 0.503. The summed E-state index contributed by atoms with van der Waals surface area (Å²) >= 11 is 0. The van der Waals surface area contributed by atoms with Gasteiger partial charge in [0.05, 0.1) is 6.61 Å². The molecule has 0 unspecified atom stereocenters. The fourth-order valence-corrected chi connectivity index (χ4v) is 5.39. The number of rotatable bonds is 6. The van der Waals surface area contributed by atoms with Crippen molar-refractivity contribution in [2.45, 2.75) is 89.0 Å². The van der Waals surface area contributed by atoms with Gasteiger partial charge in [-0.05, 0) is 41.5 Å². The zero-order valence-corrected chi connectivity index (χ0v) is 18.6. The highest BCUT2D eigenvalue weighted by molar-refractivity contribution is 7.54. The van der Waals surface area contributed by atoms with Crippen LogP contribution in [0.25, 0.3) is 0 Å². The molecule has 0 aromatic rings. The van der Waals surface area contributed by atoms with Gasteiger partial charge in [0.1, 0.15) is 29.7 Å². The first-order chi connectivity index (χ1) is 12.8. The van der Waals surface area contributed by atoms with Crippen molar-refractivity contribution in [1.29, 1.82) is 0 Å². The van der Waals surface area contributed by atoms with Gasteiger partial charge in [0.15, 0.2) is 17.8 Å². The normalized spacial score (nSPS) is 40.8. The van der Waals surface area contributed by atoms with E-state index in [0.717, 1.165) is 5.06 Å². The fraction of sp³-hybridized carbons (Fsp3) is 1.00. The minimum atomic E-state index is -3.59. The maximum atomic E-state index is 12.8. The Balaban J connectivity index is 1.90. The summed E-state index contributed by atoms with van der Waals surface area (Å²) < 4.78 is 52.9. The van der Waals surface area contributed by atoms with Gasteiger partial charge in [0.2, 0.25) is 0 Å². The number of hydrogen-bond acceptors (Lipinski definition) is 10. The molecule has 0 amide bonds. The Morgan fingerprint density at radius 3 is 2.18 bits per heavy atom. The first kappa shape index (κ1) is 22.6. The summed E-state index contributed by atoms with van der Waals surface area (Å²) in [5.41, 5.74) is -0.923. The van der Waals surface area contributed by atoms with Crippen molar-refractivity contribution in [3.05, 3.63) is 0 Å². The maximum Gasteiger partial charge on any atom is 0.349 e. The highest BCUT2D eigenvalue weighted by Gasteiger charge is 2.68. The Morgan fingerprint density at radius 2 is 1.68 bits per heavy atom. The molecule has 0 radical (unpaired) electrons. The second kappa shape index (κ2) is 7.23. The van der Waals surface area contributed by atoms with Crippen molar-refractivity contribution in [2.24, 2.45) is 0 Å². The second-order valence-corrected chi connectivity index (χ2v) is 11.0. The van der Waals surface area contributed by atoms with Crippen molar-refractivity contribution in [1.82, 2.24) is 5.06 Å². The molecule has 1 N–H and O–H groups in total. The average molecular weight is 425 g/mol. The van der Waals surface area contributed by atoms with Gasteiger partial charge < -0.3 is 37.9 Å². The van der Waals surface area contributed by atoms with Crippen molar-refractivity contribution in [3.8, 4) is 0 Å². The molecular formula is C17H32NO9P. The summed E-state index contributed by atoms with van der Waals surface area (Å²) in [5.74, 6) is -2.65. The Bertz CT molecular complexity index is 636. The molecule has 164 valence electrons. The molecule has 6 atom stereocenters. The summed E-state index contributed by atoms with van der Waals surface area (Å²) in [6, 6.07) is 0. The van der Waals surface area contributed by atoms with Gasteiger partial charge in [-0.1, -0.05) is 0 Å². The van der Waals surface area contributed by atoms with Crippen LogP contribution in [0.3, 0.4) is 0 Å². The molecule has 0 aromatic carbocycles. The molecule has 10 nitrogen and oxygen atoms in total. The predicted molar refractivity (Wildman–Crippen MR) is 96.7 cm³/mol. The lowest BCUT2D eigenvalue weighted by Crippen LogP contribution is -2.51. The molecule has 3 fully saturated rings. The van der Waals surface area contributed by atoms with E-state index in [9.17, 15) is 9.77 Å². The number of fused-ring (bicyclic) bond motifs is 1. The third-order valence-electron chi connectivity index (χ3n) is 5.53. The van der Waals surface area contributed by atoms with E-state index in [-0.39, 0.29) is 0 Å². The Labute approximate surface area is 165 Å². The van der Waals surface area contributed by atoms with Crippen LogP contribution in [0.15, 0.2) is 0 Å². The summed E-state index contributed by atoms with van der Waals surface area (Å²) in [6.07, 6.45) is -2.66. The largest absolute Gasteiger partial charge is 0.349 e. The van der Waals surface area contributed by atoms with E-state index in [1.807, 2.05) is 20.8 Å². The van der Waals surface area contributed by atoms with Crippen LogP contribution in [0.2, 0.25) is 0 Å². The molecule has 3 aliphatic rings. The van der Waals surface area contributed by atoms with Gasteiger partial charge in [-0.2, -0.15) is 0 Å². The van der Waals surface area contributed by atoms with Gasteiger partial charge in [0, 0.05) is 14.2 Å². The van der Waals surface area contributed by atoms with Crippen LogP contribution in [0.5, 0.6) is 0 Å². The highest BCUT2D eigenvalue weighted by Crippen LogP contribution is 2.55. The number of ether oxygens (including phenoxy) is 5.